The Bertz CT molecular complexity index is 1810. The number of hydrogen-bond donors (Lipinski definition) is 0. The van der Waals surface area contributed by atoms with Crippen LogP contribution in [0, 0.1) is 0 Å². The Morgan fingerprint density at radius 1 is 0.946 bits per heavy atom. The van der Waals surface area contributed by atoms with Crippen LogP contribution >= 0.6 is 27.3 Å². The first-order chi connectivity index (χ1) is 18.1. The lowest BCUT2D eigenvalue weighted by Gasteiger charge is -2.02. The maximum absolute atomic E-state index is 13.3. The van der Waals surface area contributed by atoms with E-state index in [9.17, 15) is 4.79 Å². The molecule has 0 aliphatic heterocycles. The number of benzene rings is 3. The van der Waals surface area contributed by atoms with Gasteiger partial charge >= 0.3 is 0 Å². The van der Waals surface area contributed by atoms with Crippen molar-refractivity contribution in [3.63, 3.8) is 0 Å². The van der Waals surface area contributed by atoms with Crippen molar-refractivity contribution < 1.29 is 4.74 Å². The number of rotatable bonds is 6. The maximum Gasteiger partial charge on any atom is 0.291 e. The Labute approximate surface area is 224 Å². The van der Waals surface area contributed by atoms with Gasteiger partial charge in [-0.2, -0.15) is 14.6 Å². The zero-order valence-corrected chi connectivity index (χ0v) is 22.1. The SMILES string of the molecule is CCOc1ccc(-c2nc3sc(=Cc4cn(-c5ccccc5)nc4-c4ccc(Br)cc4)c(=O)n3n2)cc1. The van der Waals surface area contributed by atoms with E-state index in [4.69, 9.17) is 9.84 Å². The first-order valence-corrected chi connectivity index (χ1v) is 13.3. The summed E-state index contributed by atoms with van der Waals surface area (Å²) in [6, 6.07) is 25.4. The summed E-state index contributed by atoms with van der Waals surface area (Å²) in [5.74, 6) is 1.29. The van der Waals surface area contributed by atoms with Crippen molar-refractivity contribution in [2.24, 2.45) is 0 Å². The summed E-state index contributed by atoms with van der Waals surface area (Å²) in [5.41, 5.74) is 4.12. The second-order valence-electron chi connectivity index (χ2n) is 8.22. The van der Waals surface area contributed by atoms with Crippen molar-refractivity contribution in [2.45, 2.75) is 6.92 Å². The molecule has 37 heavy (non-hydrogen) atoms. The monoisotopic (exact) mass is 569 g/mol. The number of thiazole rings is 1. The minimum atomic E-state index is -0.209. The van der Waals surface area contributed by atoms with Crippen molar-refractivity contribution in [2.75, 3.05) is 6.61 Å². The molecule has 3 aromatic carbocycles. The highest BCUT2D eigenvalue weighted by Crippen LogP contribution is 2.26. The molecule has 0 saturated heterocycles. The number of ether oxygens (including phenoxy) is 1. The quantitative estimate of drug-likeness (QED) is 0.269. The van der Waals surface area contributed by atoms with Gasteiger partial charge < -0.3 is 4.74 Å². The van der Waals surface area contributed by atoms with Crippen molar-refractivity contribution in [3.8, 4) is 34.1 Å². The van der Waals surface area contributed by atoms with Crippen molar-refractivity contribution >= 4 is 38.3 Å². The standard InChI is InChI=1S/C28H20BrN5O2S/c1-2-36-23-14-10-19(11-15-23)26-30-28-34(32-26)27(35)24(37-28)16-20-17-33(22-6-4-3-5-7-22)31-25(20)18-8-12-21(29)13-9-18/h3-17H,2H2,1H3. The molecule has 7 nitrogen and oxygen atoms in total. The van der Waals surface area contributed by atoms with E-state index >= 15 is 0 Å². The third-order valence-corrected chi connectivity index (χ3v) is 7.26. The van der Waals surface area contributed by atoms with E-state index in [0.29, 0.717) is 21.9 Å². The number of para-hydroxylation sites is 1. The van der Waals surface area contributed by atoms with Crippen LogP contribution in [0.3, 0.4) is 0 Å². The van der Waals surface area contributed by atoms with Crippen LogP contribution in [0.25, 0.3) is 39.4 Å². The molecular weight excluding hydrogens is 550 g/mol. The van der Waals surface area contributed by atoms with Gasteiger partial charge in [0, 0.05) is 27.4 Å². The lowest BCUT2D eigenvalue weighted by Crippen LogP contribution is -2.23. The minimum absolute atomic E-state index is 0.209. The van der Waals surface area contributed by atoms with Gasteiger partial charge in [-0.3, -0.25) is 4.79 Å². The van der Waals surface area contributed by atoms with Gasteiger partial charge in [0.1, 0.15) is 5.75 Å². The molecule has 0 spiro atoms. The van der Waals surface area contributed by atoms with Gasteiger partial charge in [-0.15, -0.1) is 5.10 Å². The van der Waals surface area contributed by atoms with E-state index in [1.54, 1.807) is 0 Å². The lowest BCUT2D eigenvalue weighted by molar-refractivity contribution is 0.340. The van der Waals surface area contributed by atoms with Gasteiger partial charge in [-0.1, -0.05) is 57.6 Å². The molecule has 6 rings (SSSR count). The summed E-state index contributed by atoms with van der Waals surface area (Å²) in [6.07, 6.45) is 3.80. The Kier molecular flexibility index (Phi) is 6.15. The summed E-state index contributed by atoms with van der Waals surface area (Å²) in [7, 11) is 0. The lowest BCUT2D eigenvalue weighted by atomic mass is 10.1. The van der Waals surface area contributed by atoms with E-state index in [1.165, 1.54) is 15.9 Å². The molecule has 6 aromatic rings. The van der Waals surface area contributed by atoms with Crippen molar-refractivity contribution in [3.05, 3.63) is 110 Å². The van der Waals surface area contributed by atoms with E-state index in [-0.39, 0.29) is 5.56 Å². The molecular formula is C28H20BrN5O2S. The zero-order chi connectivity index (χ0) is 25.4. The number of hydrogen-bond acceptors (Lipinski definition) is 6. The molecule has 0 atom stereocenters. The molecule has 0 radical (unpaired) electrons. The third-order valence-electron chi connectivity index (χ3n) is 5.77. The summed E-state index contributed by atoms with van der Waals surface area (Å²) in [6.45, 7) is 2.54. The van der Waals surface area contributed by atoms with Crippen LogP contribution in [0.1, 0.15) is 12.5 Å². The van der Waals surface area contributed by atoms with Crippen LogP contribution in [0.4, 0.5) is 0 Å². The number of aromatic nitrogens is 5. The number of nitrogens with zero attached hydrogens (tertiary/aromatic N) is 5. The van der Waals surface area contributed by atoms with Crippen LogP contribution in [0.5, 0.6) is 5.75 Å². The molecule has 0 saturated carbocycles. The third kappa shape index (κ3) is 4.59. The van der Waals surface area contributed by atoms with Crippen LogP contribution in [0.15, 0.2) is 94.3 Å². The van der Waals surface area contributed by atoms with E-state index in [2.05, 4.69) is 26.0 Å². The summed E-state index contributed by atoms with van der Waals surface area (Å²) < 4.78 is 10.2. The molecule has 182 valence electrons. The van der Waals surface area contributed by atoms with Crippen molar-refractivity contribution in [1.29, 1.82) is 0 Å². The van der Waals surface area contributed by atoms with Crippen LogP contribution < -0.4 is 14.8 Å². The minimum Gasteiger partial charge on any atom is -0.494 e. The molecule has 0 amide bonds. The first-order valence-electron chi connectivity index (χ1n) is 11.6. The van der Waals surface area contributed by atoms with Gasteiger partial charge in [-0.25, -0.2) is 4.68 Å². The predicted octanol–water partition coefficient (Wildman–Crippen LogP) is 5.38. The topological polar surface area (TPSA) is 74.3 Å². The van der Waals surface area contributed by atoms with Crippen LogP contribution in [-0.2, 0) is 0 Å². The summed E-state index contributed by atoms with van der Waals surface area (Å²) in [5, 5.41) is 9.33. The fourth-order valence-electron chi connectivity index (χ4n) is 4.00. The van der Waals surface area contributed by atoms with E-state index < -0.39 is 0 Å². The number of fused-ring (bicyclic) bond motifs is 1. The number of halogens is 1. The van der Waals surface area contributed by atoms with E-state index in [0.717, 1.165) is 38.3 Å². The Morgan fingerprint density at radius 3 is 2.38 bits per heavy atom. The highest BCUT2D eigenvalue weighted by molar-refractivity contribution is 9.10. The van der Waals surface area contributed by atoms with Gasteiger partial charge in [0.25, 0.3) is 5.56 Å². The van der Waals surface area contributed by atoms with Gasteiger partial charge in [0.15, 0.2) is 5.82 Å². The molecule has 9 heteroatoms. The molecule has 0 aliphatic rings. The average molecular weight is 570 g/mol. The van der Waals surface area contributed by atoms with Crippen LogP contribution in [-0.4, -0.2) is 31.0 Å². The summed E-state index contributed by atoms with van der Waals surface area (Å²) in [4.78, 5) is 18.4. The molecule has 0 N–H and O–H groups in total. The Balaban J connectivity index is 1.43. The van der Waals surface area contributed by atoms with E-state index in [1.807, 2.05) is 103 Å². The average Bonchev–Trinajstić information content (AvgIpc) is 3.61. The molecule has 3 aromatic heterocycles. The molecule has 0 unspecified atom stereocenters. The second-order valence-corrected chi connectivity index (χ2v) is 10.1. The molecule has 0 bridgehead atoms. The molecule has 0 aliphatic carbocycles. The highest BCUT2D eigenvalue weighted by Gasteiger charge is 2.15. The van der Waals surface area contributed by atoms with Gasteiger partial charge in [-0.05, 0) is 61.5 Å². The molecule has 3 heterocycles. The Hall–Kier alpha value is -4.08. The zero-order valence-electron chi connectivity index (χ0n) is 19.7. The largest absolute Gasteiger partial charge is 0.494 e. The van der Waals surface area contributed by atoms with Crippen LogP contribution in [0.2, 0.25) is 0 Å². The van der Waals surface area contributed by atoms with Gasteiger partial charge in [0.05, 0.1) is 22.5 Å². The second kappa shape index (κ2) is 9.76. The van der Waals surface area contributed by atoms with Gasteiger partial charge in [0.2, 0.25) is 4.96 Å². The first kappa shape index (κ1) is 23.3. The predicted molar refractivity (Wildman–Crippen MR) is 149 cm³/mol. The molecule has 0 fully saturated rings. The summed E-state index contributed by atoms with van der Waals surface area (Å²) >= 11 is 4.80. The smallest absolute Gasteiger partial charge is 0.291 e. The fraction of sp³-hybridized carbons (Fsp3) is 0.0714. The highest BCUT2D eigenvalue weighted by atomic mass is 79.9. The maximum atomic E-state index is 13.3. The normalized spacial score (nSPS) is 11.9. The van der Waals surface area contributed by atoms with Crippen molar-refractivity contribution in [1.82, 2.24) is 24.4 Å². The Morgan fingerprint density at radius 2 is 1.68 bits per heavy atom. The fourth-order valence-corrected chi connectivity index (χ4v) is 5.17.